The van der Waals surface area contributed by atoms with E-state index >= 15 is 0 Å². The van der Waals surface area contributed by atoms with E-state index in [0.29, 0.717) is 22.4 Å². The van der Waals surface area contributed by atoms with Crippen molar-refractivity contribution in [2.75, 3.05) is 31.1 Å². The number of aryl methyl sites for hydroxylation is 2. The number of aromatic carboxylic acids is 1. The fraction of sp³-hybridized carbons (Fsp3) is 0.355. The third-order valence-corrected chi connectivity index (χ3v) is 7.96. The number of ether oxygens (including phenoxy) is 1. The number of rotatable bonds is 10. The van der Waals surface area contributed by atoms with Crippen LogP contribution in [0.5, 0.6) is 0 Å². The molecule has 8 heteroatoms. The van der Waals surface area contributed by atoms with Gasteiger partial charge in [-0.1, -0.05) is 25.1 Å². The molecule has 0 aliphatic carbocycles. The molecule has 6 nitrogen and oxygen atoms in total. The van der Waals surface area contributed by atoms with Gasteiger partial charge in [0.15, 0.2) is 0 Å². The molecule has 1 aliphatic rings. The smallest absolute Gasteiger partial charge is 0.414 e. The van der Waals surface area contributed by atoms with E-state index in [4.69, 9.17) is 9.84 Å². The van der Waals surface area contributed by atoms with Crippen LogP contribution < -0.4 is 4.90 Å². The van der Waals surface area contributed by atoms with Gasteiger partial charge in [0.05, 0.1) is 12.2 Å². The van der Waals surface area contributed by atoms with Gasteiger partial charge in [-0.3, -0.25) is 9.80 Å². The molecule has 4 rings (SSSR count). The summed E-state index contributed by atoms with van der Waals surface area (Å²) >= 11 is 2.03. The lowest BCUT2D eigenvalue weighted by Crippen LogP contribution is -2.44. The van der Waals surface area contributed by atoms with E-state index < -0.39 is 12.1 Å². The Morgan fingerprint density at radius 1 is 1.10 bits per heavy atom. The lowest BCUT2D eigenvalue weighted by Gasteiger charge is -2.33. The number of amides is 1. The van der Waals surface area contributed by atoms with E-state index in [1.807, 2.05) is 34.7 Å². The Labute approximate surface area is 242 Å². The molecule has 1 amide bonds. The van der Waals surface area contributed by atoms with Crippen LogP contribution in [0.3, 0.4) is 0 Å². The molecule has 0 radical (unpaired) electrons. The van der Waals surface area contributed by atoms with Crippen molar-refractivity contribution in [3.8, 4) is 11.1 Å². The van der Waals surface area contributed by atoms with Crippen LogP contribution in [0.2, 0.25) is 0 Å². The topological polar surface area (TPSA) is 70.1 Å². The van der Waals surface area contributed by atoms with Crippen LogP contribution in [0, 0.1) is 29.2 Å². The van der Waals surface area contributed by atoms with E-state index in [2.05, 4.69) is 37.8 Å². The molecular formula is C31H34FIN2O4. The largest absolute Gasteiger partial charge is 0.478 e. The van der Waals surface area contributed by atoms with E-state index in [9.17, 15) is 14.0 Å². The molecule has 39 heavy (non-hydrogen) atoms. The average molecular weight is 645 g/mol. The van der Waals surface area contributed by atoms with Crippen LogP contribution in [0.15, 0.2) is 54.6 Å². The van der Waals surface area contributed by atoms with Crippen molar-refractivity contribution >= 4 is 40.3 Å². The molecule has 1 atom stereocenters. The van der Waals surface area contributed by atoms with E-state index in [-0.39, 0.29) is 17.3 Å². The maximum Gasteiger partial charge on any atom is 0.414 e. The normalized spacial score (nSPS) is 15.5. The quantitative estimate of drug-likeness (QED) is 0.235. The summed E-state index contributed by atoms with van der Waals surface area (Å²) in [7, 11) is 0. The maximum atomic E-state index is 13.8. The van der Waals surface area contributed by atoms with Crippen molar-refractivity contribution in [1.29, 1.82) is 0 Å². The Hall–Kier alpha value is -2.98. The van der Waals surface area contributed by atoms with E-state index in [1.54, 1.807) is 17.0 Å². The highest BCUT2D eigenvalue weighted by Crippen LogP contribution is 2.31. The Morgan fingerprint density at radius 2 is 1.79 bits per heavy atom. The first-order chi connectivity index (χ1) is 18.7. The van der Waals surface area contributed by atoms with Crippen molar-refractivity contribution in [2.45, 2.75) is 40.2 Å². The van der Waals surface area contributed by atoms with Crippen LogP contribution in [0.1, 0.15) is 46.8 Å². The number of cyclic esters (lactones) is 1. The number of anilines is 1. The molecule has 0 bridgehead atoms. The van der Waals surface area contributed by atoms with Gasteiger partial charge in [0.25, 0.3) is 0 Å². The summed E-state index contributed by atoms with van der Waals surface area (Å²) in [6.45, 7) is 9.97. The minimum atomic E-state index is -0.998. The van der Waals surface area contributed by atoms with Gasteiger partial charge in [0.1, 0.15) is 5.82 Å². The van der Waals surface area contributed by atoms with Crippen LogP contribution in [-0.4, -0.2) is 48.3 Å². The minimum absolute atomic E-state index is 0.174. The highest BCUT2D eigenvalue weighted by Gasteiger charge is 2.28. The zero-order valence-corrected chi connectivity index (χ0v) is 24.7. The van der Waals surface area contributed by atoms with Crippen LogP contribution in [0.4, 0.5) is 14.9 Å². The van der Waals surface area contributed by atoms with Crippen molar-refractivity contribution in [2.24, 2.45) is 5.92 Å². The number of carboxylic acids is 1. The number of carbonyl (C=O) groups is 2. The molecule has 1 N–H and O–H groups in total. The van der Waals surface area contributed by atoms with Gasteiger partial charge in [-0.15, -0.1) is 0 Å². The highest BCUT2D eigenvalue weighted by molar-refractivity contribution is 14.1. The number of carbonyl (C=O) groups excluding carboxylic acids is 1. The molecule has 0 saturated carbocycles. The van der Waals surface area contributed by atoms with Gasteiger partial charge < -0.3 is 9.84 Å². The second-order valence-corrected chi connectivity index (χ2v) is 11.4. The van der Waals surface area contributed by atoms with Gasteiger partial charge in [-0.25, -0.2) is 14.0 Å². The average Bonchev–Trinajstić information content (AvgIpc) is 2.90. The summed E-state index contributed by atoms with van der Waals surface area (Å²) in [5.41, 5.74) is 6.60. The molecule has 1 heterocycles. The molecule has 3 aromatic carbocycles. The summed E-state index contributed by atoms with van der Waals surface area (Å²) in [5.74, 6) is -1.02. The van der Waals surface area contributed by atoms with Crippen molar-refractivity contribution < 1.29 is 23.8 Å². The number of hydrogen-bond acceptors (Lipinski definition) is 4. The van der Waals surface area contributed by atoms with Crippen molar-refractivity contribution in [1.82, 2.24) is 4.90 Å². The SMILES string of the molecule is CCCN(CCC1COC(=O)N(c2ccc(C(=O)O)cc2)C1)Cc1cc(C)c(-c2ccc(F)c(I)c2)c(C)c1. The van der Waals surface area contributed by atoms with Gasteiger partial charge in [0.2, 0.25) is 0 Å². The Bertz CT molecular complexity index is 1320. The van der Waals surface area contributed by atoms with Crippen molar-refractivity contribution in [3.63, 3.8) is 0 Å². The van der Waals surface area contributed by atoms with Gasteiger partial charge in [-0.2, -0.15) is 0 Å². The number of carboxylic acid groups (broad SMARTS) is 1. The van der Waals surface area contributed by atoms with Gasteiger partial charge in [0, 0.05) is 28.3 Å². The second-order valence-electron chi connectivity index (χ2n) is 10.2. The number of benzene rings is 3. The maximum absolute atomic E-state index is 13.8. The zero-order chi connectivity index (χ0) is 28.1. The molecule has 1 saturated heterocycles. The summed E-state index contributed by atoms with van der Waals surface area (Å²) in [6.07, 6.45) is 1.51. The van der Waals surface area contributed by atoms with E-state index in [1.165, 1.54) is 34.9 Å². The fourth-order valence-electron chi connectivity index (χ4n) is 5.28. The molecular weight excluding hydrogens is 610 g/mol. The summed E-state index contributed by atoms with van der Waals surface area (Å²) in [4.78, 5) is 27.6. The van der Waals surface area contributed by atoms with Gasteiger partial charge >= 0.3 is 12.1 Å². The fourth-order valence-corrected chi connectivity index (χ4v) is 5.80. The molecule has 1 unspecified atom stereocenters. The second kappa shape index (κ2) is 12.9. The molecule has 1 aliphatic heterocycles. The molecule has 0 aromatic heterocycles. The highest BCUT2D eigenvalue weighted by atomic mass is 127. The summed E-state index contributed by atoms with van der Waals surface area (Å²) in [6, 6.07) is 16.0. The summed E-state index contributed by atoms with van der Waals surface area (Å²) < 4.78 is 19.9. The van der Waals surface area contributed by atoms with Crippen LogP contribution in [0.25, 0.3) is 11.1 Å². The summed E-state index contributed by atoms with van der Waals surface area (Å²) in [5, 5.41) is 9.14. The monoisotopic (exact) mass is 644 g/mol. The molecule has 1 fully saturated rings. The Balaban J connectivity index is 1.42. The minimum Gasteiger partial charge on any atom is -0.478 e. The molecule has 3 aromatic rings. The third kappa shape index (κ3) is 7.16. The van der Waals surface area contributed by atoms with E-state index in [0.717, 1.165) is 43.6 Å². The predicted molar refractivity (Wildman–Crippen MR) is 160 cm³/mol. The first-order valence-electron chi connectivity index (χ1n) is 13.2. The lowest BCUT2D eigenvalue weighted by atomic mass is 9.93. The number of halogens is 2. The van der Waals surface area contributed by atoms with Crippen LogP contribution in [-0.2, 0) is 11.3 Å². The zero-order valence-electron chi connectivity index (χ0n) is 22.5. The molecule has 206 valence electrons. The number of hydrogen-bond donors (Lipinski definition) is 1. The lowest BCUT2D eigenvalue weighted by molar-refractivity contribution is 0.0697. The Morgan fingerprint density at radius 3 is 2.41 bits per heavy atom. The van der Waals surface area contributed by atoms with Gasteiger partial charge in [-0.05, 0) is 127 Å². The molecule has 0 spiro atoms. The van der Waals surface area contributed by atoms with Crippen LogP contribution >= 0.6 is 22.6 Å². The number of nitrogens with zero attached hydrogens (tertiary/aromatic N) is 2. The predicted octanol–water partition coefficient (Wildman–Crippen LogP) is 7.29. The Kier molecular flexibility index (Phi) is 9.61. The first-order valence-corrected chi connectivity index (χ1v) is 14.3. The van der Waals surface area contributed by atoms with Crippen molar-refractivity contribution in [3.05, 3.63) is 86.2 Å². The first kappa shape index (κ1) is 29.0. The third-order valence-electron chi connectivity index (χ3n) is 7.13. The standard InChI is InChI=1S/C31H34FIN2O4/c1-4-12-34(17-23-14-20(2)29(21(3)15-23)25-7-10-27(32)28(33)16-25)13-11-22-18-35(31(38)39-19-22)26-8-5-24(6-9-26)30(36)37/h5-10,14-16,22H,4,11-13,17-19H2,1-3H3,(H,36,37).